The number of carbonyl (C=O) groups excluding carboxylic acids is 2. The van der Waals surface area contributed by atoms with E-state index in [2.05, 4.69) is 23.8 Å². The van der Waals surface area contributed by atoms with Gasteiger partial charge in [-0.3, -0.25) is 14.6 Å². The number of hydrogen-bond donors (Lipinski definition) is 2. The molecule has 172 valence electrons. The predicted octanol–water partition coefficient (Wildman–Crippen LogP) is 4.17. The number of aryl methyl sites for hydroxylation is 3. The summed E-state index contributed by atoms with van der Waals surface area (Å²) in [6.45, 7) is 8.99. The highest BCUT2D eigenvalue weighted by molar-refractivity contribution is 7.14. The first kappa shape index (κ1) is 22.9. The molecule has 1 aliphatic rings. The van der Waals surface area contributed by atoms with Gasteiger partial charge < -0.3 is 10.0 Å². The summed E-state index contributed by atoms with van der Waals surface area (Å²) in [5.74, 6) is -0.928. The van der Waals surface area contributed by atoms with Crippen molar-refractivity contribution < 1.29 is 19.3 Å². The molecule has 0 saturated carbocycles. The van der Waals surface area contributed by atoms with Gasteiger partial charge in [0.05, 0.1) is 33.7 Å². The van der Waals surface area contributed by atoms with Gasteiger partial charge in [0.25, 0.3) is 5.91 Å². The molecule has 3 aromatic rings. The number of imidazole rings is 1. The predicted molar refractivity (Wildman–Crippen MR) is 126 cm³/mol. The van der Waals surface area contributed by atoms with E-state index in [4.69, 9.17) is 0 Å². The molecule has 0 spiro atoms. The van der Waals surface area contributed by atoms with Gasteiger partial charge in [-0.2, -0.15) is 0 Å². The topological polar surface area (TPSA) is 90.2 Å². The van der Waals surface area contributed by atoms with Crippen molar-refractivity contribution >= 4 is 23.0 Å². The van der Waals surface area contributed by atoms with Crippen LogP contribution >= 0.6 is 11.3 Å². The van der Waals surface area contributed by atoms with E-state index in [0.29, 0.717) is 36.0 Å². The molecule has 4 rings (SSSR count). The Kier molecular flexibility index (Phi) is 6.47. The fourth-order valence-corrected chi connectivity index (χ4v) is 5.15. The van der Waals surface area contributed by atoms with Crippen LogP contribution < -0.4 is 4.57 Å². The number of carbonyl (C=O) groups is 2. The Morgan fingerprint density at radius 3 is 2.58 bits per heavy atom. The molecule has 0 saturated heterocycles. The number of benzene rings is 1. The number of nitrogens with one attached hydrogen (secondary N) is 1. The minimum absolute atomic E-state index is 0.137. The number of rotatable bonds is 8. The molecule has 1 amide bonds. The zero-order chi connectivity index (χ0) is 23.7. The average molecular weight is 466 g/mol. The molecule has 2 aromatic heterocycles. The van der Waals surface area contributed by atoms with E-state index < -0.39 is 17.7 Å². The molecular formula is C25H29N4O3S+. The highest BCUT2D eigenvalue weighted by Crippen LogP contribution is 2.40. The number of thiazole rings is 1. The van der Waals surface area contributed by atoms with E-state index >= 15 is 0 Å². The maximum absolute atomic E-state index is 13.6. The Hall–Kier alpha value is -3.26. The summed E-state index contributed by atoms with van der Waals surface area (Å²) in [5.41, 5.74) is 2.74. The van der Waals surface area contributed by atoms with Crippen molar-refractivity contribution in [1.82, 2.24) is 14.9 Å². The Bertz CT molecular complexity index is 1190. The van der Waals surface area contributed by atoms with Crippen LogP contribution in [0.5, 0.6) is 0 Å². The molecule has 1 aromatic carbocycles. The van der Waals surface area contributed by atoms with Crippen molar-refractivity contribution in [3.05, 3.63) is 81.0 Å². The van der Waals surface area contributed by atoms with Crippen LogP contribution in [-0.2, 0) is 11.3 Å². The fraction of sp³-hybridized carbons (Fsp3) is 0.360. The summed E-state index contributed by atoms with van der Waals surface area (Å²) < 4.78 is 2.00. The van der Waals surface area contributed by atoms with Crippen LogP contribution in [0.1, 0.15) is 63.7 Å². The number of Topliss-reactive ketones (excluding diaryl/α,β-unsaturated/α-hetero) is 1. The second-order valence-corrected chi connectivity index (χ2v) is 9.87. The molecule has 0 aliphatic carbocycles. The zero-order valence-electron chi connectivity index (χ0n) is 19.3. The Morgan fingerprint density at radius 2 is 2.00 bits per heavy atom. The van der Waals surface area contributed by atoms with Crippen LogP contribution in [0.2, 0.25) is 0 Å². The normalized spacial score (nSPS) is 16.3. The lowest BCUT2D eigenvalue weighted by atomic mass is 9.93. The minimum Gasteiger partial charge on any atom is -0.503 e. The summed E-state index contributed by atoms with van der Waals surface area (Å²) in [4.78, 5) is 36.2. The van der Waals surface area contributed by atoms with Gasteiger partial charge in [0.15, 0.2) is 5.76 Å². The molecule has 0 bridgehead atoms. The standard InChI is InChI=1S/C25H28N4O3S/c1-15(2)18-6-8-19(9-7-18)21-20(22(30)24-16(3)27-17(4)33-24)23(31)25(32)29(21)12-5-11-28-13-10-26-14-28/h6-10,13-15,21H,5,11-12H2,1-4H3,(H,30,31)/p+1. The number of aromatic amines is 1. The molecular weight excluding hydrogens is 436 g/mol. The van der Waals surface area contributed by atoms with Crippen molar-refractivity contribution in [2.24, 2.45) is 0 Å². The van der Waals surface area contributed by atoms with Crippen molar-refractivity contribution in [3.8, 4) is 0 Å². The van der Waals surface area contributed by atoms with Crippen LogP contribution in [0.3, 0.4) is 0 Å². The third kappa shape index (κ3) is 4.48. The Balaban J connectivity index is 1.70. The molecule has 1 unspecified atom stereocenters. The van der Waals surface area contributed by atoms with Crippen molar-refractivity contribution in [1.29, 1.82) is 0 Å². The third-order valence-electron chi connectivity index (χ3n) is 5.99. The molecule has 1 aliphatic heterocycles. The molecule has 0 radical (unpaired) electrons. The number of amides is 1. The van der Waals surface area contributed by atoms with Crippen LogP contribution in [0.25, 0.3) is 0 Å². The van der Waals surface area contributed by atoms with Crippen molar-refractivity contribution in [2.45, 2.75) is 52.6 Å². The number of nitrogens with zero attached hydrogens (tertiary/aromatic N) is 3. The smallest absolute Gasteiger partial charge is 0.290 e. The van der Waals surface area contributed by atoms with Gasteiger partial charge in [0, 0.05) is 13.0 Å². The second-order valence-electron chi connectivity index (χ2n) is 8.66. The number of hydrogen-bond acceptors (Lipinski definition) is 5. The number of aliphatic hydroxyl groups is 1. The largest absolute Gasteiger partial charge is 0.503 e. The lowest BCUT2D eigenvalue weighted by molar-refractivity contribution is -0.695. The van der Waals surface area contributed by atoms with Gasteiger partial charge in [0.1, 0.15) is 12.4 Å². The van der Waals surface area contributed by atoms with Crippen LogP contribution in [0.15, 0.2) is 54.3 Å². The maximum Gasteiger partial charge on any atom is 0.290 e. The van der Waals surface area contributed by atoms with E-state index in [1.807, 2.05) is 54.5 Å². The Morgan fingerprint density at radius 1 is 1.27 bits per heavy atom. The van der Waals surface area contributed by atoms with Crippen molar-refractivity contribution in [3.63, 3.8) is 0 Å². The van der Waals surface area contributed by atoms with Crippen LogP contribution in [-0.4, -0.2) is 38.2 Å². The number of aromatic nitrogens is 3. The van der Waals surface area contributed by atoms with Crippen LogP contribution in [0.4, 0.5) is 0 Å². The second kappa shape index (κ2) is 9.31. The van der Waals surface area contributed by atoms with Gasteiger partial charge in [-0.25, -0.2) is 9.55 Å². The van der Waals surface area contributed by atoms with E-state index in [-0.39, 0.29) is 11.4 Å². The first-order valence-corrected chi connectivity index (χ1v) is 11.9. The molecule has 33 heavy (non-hydrogen) atoms. The van der Waals surface area contributed by atoms with E-state index in [1.165, 1.54) is 16.9 Å². The summed E-state index contributed by atoms with van der Waals surface area (Å²) >= 11 is 1.29. The van der Waals surface area contributed by atoms with E-state index in [0.717, 1.165) is 10.6 Å². The van der Waals surface area contributed by atoms with Gasteiger partial charge in [-0.1, -0.05) is 38.1 Å². The summed E-state index contributed by atoms with van der Waals surface area (Å²) in [5, 5.41) is 11.6. The minimum atomic E-state index is -0.635. The lowest BCUT2D eigenvalue weighted by Gasteiger charge is -2.27. The van der Waals surface area contributed by atoms with Gasteiger partial charge >= 0.3 is 0 Å². The van der Waals surface area contributed by atoms with Crippen LogP contribution in [0, 0.1) is 13.8 Å². The molecule has 7 nitrogen and oxygen atoms in total. The maximum atomic E-state index is 13.6. The third-order valence-corrected chi connectivity index (χ3v) is 7.07. The first-order valence-electron chi connectivity index (χ1n) is 11.1. The highest BCUT2D eigenvalue weighted by Gasteiger charge is 2.44. The average Bonchev–Trinajstić information content (AvgIpc) is 3.48. The first-order chi connectivity index (χ1) is 15.8. The molecule has 1 atom stereocenters. The zero-order valence-corrected chi connectivity index (χ0v) is 20.1. The number of H-pyrrole nitrogens is 1. The van der Waals surface area contributed by atoms with E-state index in [1.54, 1.807) is 11.8 Å². The molecule has 3 heterocycles. The molecule has 0 fully saturated rings. The van der Waals surface area contributed by atoms with Gasteiger partial charge in [0.2, 0.25) is 12.1 Å². The SMILES string of the molecule is Cc1nc(C)c(C(=O)C2=C(O)C(=O)N(CCC[n+]3cc[nH]c3)C2c2ccc(C(C)C)cc2)s1. The fourth-order valence-electron chi connectivity index (χ4n) is 4.27. The van der Waals surface area contributed by atoms with Gasteiger partial charge in [-0.15, -0.1) is 11.3 Å². The number of aliphatic hydroxyl groups excluding tert-OH is 1. The van der Waals surface area contributed by atoms with Gasteiger partial charge in [-0.05, 0) is 30.9 Å². The summed E-state index contributed by atoms with van der Waals surface area (Å²) in [6.07, 6.45) is 6.30. The lowest BCUT2D eigenvalue weighted by Crippen LogP contribution is -2.36. The quantitative estimate of drug-likeness (QED) is 0.386. The summed E-state index contributed by atoms with van der Waals surface area (Å²) in [7, 11) is 0. The van der Waals surface area contributed by atoms with E-state index in [9.17, 15) is 14.7 Å². The number of ketones is 1. The monoisotopic (exact) mass is 465 g/mol. The Labute approximate surface area is 197 Å². The van der Waals surface area contributed by atoms with Crippen molar-refractivity contribution in [2.75, 3.05) is 6.54 Å². The molecule has 8 heteroatoms. The highest BCUT2D eigenvalue weighted by atomic mass is 32.1. The molecule has 2 N–H and O–H groups in total. The summed E-state index contributed by atoms with van der Waals surface area (Å²) in [6, 6.07) is 7.33.